The maximum atomic E-state index is 5.56. The quantitative estimate of drug-likeness (QED) is 0.920. The molecule has 0 bridgehead atoms. The van der Waals surface area contributed by atoms with Crippen molar-refractivity contribution >= 4 is 0 Å². The van der Waals surface area contributed by atoms with Gasteiger partial charge >= 0.3 is 0 Å². The number of rotatable bonds is 4. The van der Waals surface area contributed by atoms with Crippen molar-refractivity contribution in [2.24, 2.45) is 5.41 Å². The lowest BCUT2D eigenvalue weighted by atomic mass is 9.64. The van der Waals surface area contributed by atoms with Crippen LogP contribution in [0.3, 0.4) is 0 Å². The summed E-state index contributed by atoms with van der Waals surface area (Å²) in [5, 5.41) is 3.88. The zero-order valence-corrected chi connectivity index (χ0v) is 13.6. The summed E-state index contributed by atoms with van der Waals surface area (Å²) in [5.41, 5.74) is 3.12. The molecule has 0 saturated heterocycles. The second kappa shape index (κ2) is 5.62. The van der Waals surface area contributed by atoms with Gasteiger partial charge in [-0.3, -0.25) is 0 Å². The molecule has 1 fully saturated rings. The summed E-state index contributed by atoms with van der Waals surface area (Å²) >= 11 is 0. The third-order valence-corrected chi connectivity index (χ3v) is 5.53. The van der Waals surface area contributed by atoms with E-state index >= 15 is 0 Å². The monoisotopic (exact) mass is 289 g/mol. The molecule has 0 aliphatic heterocycles. The van der Waals surface area contributed by atoms with E-state index in [1.165, 1.54) is 30.4 Å². The van der Waals surface area contributed by atoms with Gasteiger partial charge < -0.3 is 14.8 Å². The highest BCUT2D eigenvalue weighted by Crippen LogP contribution is 2.44. The fourth-order valence-electron chi connectivity index (χ4n) is 3.90. The van der Waals surface area contributed by atoms with Crippen LogP contribution in [0.25, 0.3) is 0 Å². The highest BCUT2D eigenvalue weighted by atomic mass is 16.5. The summed E-state index contributed by atoms with van der Waals surface area (Å²) < 4.78 is 10.9. The first-order valence-electron chi connectivity index (χ1n) is 8.02. The standard InChI is InChI=1S/C18H27NO2/c1-18(2)16(11-17(18)21-4)19-15-7-5-6-12-10-13(20-3)8-9-14(12)15/h8-10,15-17,19H,5-7,11H2,1-4H3. The van der Waals surface area contributed by atoms with Crippen LogP contribution in [0.1, 0.15) is 50.3 Å². The minimum absolute atomic E-state index is 0.221. The van der Waals surface area contributed by atoms with Crippen LogP contribution < -0.4 is 10.1 Å². The minimum atomic E-state index is 0.221. The SMILES string of the molecule is COc1ccc2c(c1)CCCC2NC1CC(OC)C1(C)C. The lowest BCUT2D eigenvalue weighted by Gasteiger charge is -2.53. The molecule has 1 aromatic carbocycles. The van der Waals surface area contributed by atoms with Crippen molar-refractivity contribution in [1.29, 1.82) is 0 Å². The summed E-state index contributed by atoms with van der Waals surface area (Å²) in [6.45, 7) is 4.61. The van der Waals surface area contributed by atoms with Gasteiger partial charge in [-0.2, -0.15) is 0 Å². The van der Waals surface area contributed by atoms with Crippen LogP contribution in [0.4, 0.5) is 0 Å². The number of nitrogens with one attached hydrogen (secondary N) is 1. The number of hydrogen-bond acceptors (Lipinski definition) is 3. The molecule has 3 unspecified atom stereocenters. The summed E-state index contributed by atoms with van der Waals surface area (Å²) in [4.78, 5) is 0. The number of ether oxygens (including phenoxy) is 2. The lowest BCUT2D eigenvalue weighted by molar-refractivity contribution is -0.101. The summed E-state index contributed by atoms with van der Waals surface area (Å²) in [5.74, 6) is 0.970. The van der Waals surface area contributed by atoms with Gasteiger partial charge in [0.15, 0.2) is 0 Å². The Bertz CT molecular complexity index is 512. The normalized spacial score (nSPS) is 30.4. The van der Waals surface area contributed by atoms with Gasteiger partial charge in [0.2, 0.25) is 0 Å². The molecule has 21 heavy (non-hydrogen) atoms. The van der Waals surface area contributed by atoms with E-state index in [0.29, 0.717) is 18.2 Å². The highest BCUT2D eigenvalue weighted by molar-refractivity contribution is 5.39. The van der Waals surface area contributed by atoms with Crippen molar-refractivity contribution in [3.8, 4) is 5.75 Å². The molecule has 3 heteroatoms. The zero-order chi connectivity index (χ0) is 15.0. The van der Waals surface area contributed by atoms with Gasteiger partial charge in [0.25, 0.3) is 0 Å². The fraction of sp³-hybridized carbons (Fsp3) is 0.667. The van der Waals surface area contributed by atoms with E-state index < -0.39 is 0 Å². The molecular formula is C18H27NO2. The van der Waals surface area contributed by atoms with Gasteiger partial charge in [0, 0.05) is 24.6 Å². The summed E-state index contributed by atoms with van der Waals surface area (Å²) in [6.07, 6.45) is 5.14. The van der Waals surface area contributed by atoms with Crippen LogP contribution in [0.2, 0.25) is 0 Å². The molecule has 116 valence electrons. The number of benzene rings is 1. The predicted octanol–water partition coefficient (Wildman–Crippen LogP) is 3.48. The van der Waals surface area contributed by atoms with Crippen molar-refractivity contribution in [1.82, 2.24) is 5.32 Å². The Morgan fingerprint density at radius 3 is 2.71 bits per heavy atom. The van der Waals surface area contributed by atoms with Gasteiger partial charge in [-0.1, -0.05) is 19.9 Å². The maximum absolute atomic E-state index is 5.56. The lowest BCUT2D eigenvalue weighted by Crippen LogP contribution is -2.61. The van der Waals surface area contributed by atoms with Crippen LogP contribution in [-0.2, 0) is 11.2 Å². The van der Waals surface area contributed by atoms with Gasteiger partial charge in [-0.25, -0.2) is 0 Å². The Balaban J connectivity index is 1.74. The van der Waals surface area contributed by atoms with Crippen molar-refractivity contribution in [3.63, 3.8) is 0 Å². The second-order valence-corrected chi connectivity index (χ2v) is 7.01. The summed E-state index contributed by atoms with van der Waals surface area (Å²) in [6, 6.07) is 7.54. The van der Waals surface area contributed by atoms with Crippen LogP contribution in [0, 0.1) is 5.41 Å². The Morgan fingerprint density at radius 1 is 1.24 bits per heavy atom. The first-order valence-corrected chi connectivity index (χ1v) is 8.02. The van der Waals surface area contributed by atoms with E-state index in [2.05, 4.69) is 37.4 Å². The molecule has 1 saturated carbocycles. The maximum Gasteiger partial charge on any atom is 0.119 e. The van der Waals surface area contributed by atoms with Gasteiger partial charge in [-0.15, -0.1) is 0 Å². The number of aryl methyl sites for hydroxylation is 1. The smallest absolute Gasteiger partial charge is 0.119 e. The third-order valence-electron chi connectivity index (χ3n) is 5.53. The Kier molecular flexibility index (Phi) is 3.98. The Labute approximate surface area is 128 Å². The average molecular weight is 289 g/mol. The van der Waals surface area contributed by atoms with E-state index in [1.807, 2.05) is 7.11 Å². The molecule has 1 N–H and O–H groups in total. The first-order chi connectivity index (χ1) is 10.1. The highest BCUT2D eigenvalue weighted by Gasteiger charge is 2.49. The first kappa shape index (κ1) is 14.9. The van der Waals surface area contributed by atoms with Crippen LogP contribution >= 0.6 is 0 Å². The molecule has 1 aromatic rings. The van der Waals surface area contributed by atoms with Crippen molar-refractivity contribution < 1.29 is 9.47 Å². The van der Waals surface area contributed by atoms with E-state index in [1.54, 1.807) is 7.11 Å². The van der Waals surface area contributed by atoms with E-state index in [9.17, 15) is 0 Å². The average Bonchev–Trinajstić information content (AvgIpc) is 2.50. The molecule has 0 heterocycles. The van der Waals surface area contributed by atoms with E-state index in [4.69, 9.17) is 9.47 Å². The molecule has 0 radical (unpaired) electrons. The van der Waals surface area contributed by atoms with Gasteiger partial charge in [0.05, 0.1) is 13.2 Å². The Morgan fingerprint density at radius 2 is 2.05 bits per heavy atom. The van der Waals surface area contributed by atoms with Gasteiger partial charge in [-0.05, 0) is 48.9 Å². The fourth-order valence-corrected chi connectivity index (χ4v) is 3.90. The third kappa shape index (κ3) is 2.58. The second-order valence-electron chi connectivity index (χ2n) is 7.01. The molecule has 0 amide bonds. The van der Waals surface area contributed by atoms with Crippen molar-refractivity contribution in [2.45, 2.75) is 57.7 Å². The number of hydrogen-bond donors (Lipinski definition) is 1. The van der Waals surface area contributed by atoms with Crippen LogP contribution in [0.15, 0.2) is 18.2 Å². The topological polar surface area (TPSA) is 30.5 Å². The van der Waals surface area contributed by atoms with E-state index in [0.717, 1.165) is 12.2 Å². The number of fused-ring (bicyclic) bond motifs is 1. The predicted molar refractivity (Wildman–Crippen MR) is 84.8 cm³/mol. The van der Waals surface area contributed by atoms with Crippen LogP contribution in [-0.4, -0.2) is 26.4 Å². The molecule has 0 aromatic heterocycles. The molecule has 2 aliphatic rings. The minimum Gasteiger partial charge on any atom is -0.497 e. The zero-order valence-electron chi connectivity index (χ0n) is 13.6. The van der Waals surface area contributed by atoms with E-state index in [-0.39, 0.29) is 5.41 Å². The molecule has 3 atom stereocenters. The van der Waals surface area contributed by atoms with Crippen molar-refractivity contribution in [2.75, 3.05) is 14.2 Å². The summed E-state index contributed by atoms with van der Waals surface area (Å²) in [7, 11) is 3.56. The number of methoxy groups -OCH3 is 2. The van der Waals surface area contributed by atoms with Gasteiger partial charge in [0.1, 0.15) is 5.75 Å². The largest absolute Gasteiger partial charge is 0.497 e. The molecule has 3 rings (SSSR count). The Hall–Kier alpha value is -1.06. The van der Waals surface area contributed by atoms with Crippen LogP contribution in [0.5, 0.6) is 5.75 Å². The molecule has 0 spiro atoms. The molecule has 2 aliphatic carbocycles. The molecule has 3 nitrogen and oxygen atoms in total. The van der Waals surface area contributed by atoms with Crippen molar-refractivity contribution in [3.05, 3.63) is 29.3 Å². The molecular weight excluding hydrogens is 262 g/mol.